The van der Waals surface area contributed by atoms with Gasteiger partial charge in [0, 0.05) is 17.0 Å². The topological polar surface area (TPSA) is 95.5 Å². The van der Waals surface area contributed by atoms with Crippen LogP contribution < -0.4 is 4.74 Å². The predicted molar refractivity (Wildman–Crippen MR) is 105 cm³/mol. The molecule has 3 aromatic heterocycles. The number of aromatic nitrogens is 4. The molecule has 0 N–H and O–H groups in total. The molecule has 0 unspecified atom stereocenters. The van der Waals surface area contributed by atoms with Gasteiger partial charge in [-0.1, -0.05) is 6.92 Å². The van der Waals surface area contributed by atoms with Gasteiger partial charge in [-0.15, -0.1) is 16.4 Å². The molecule has 4 aromatic rings. The molecule has 0 radical (unpaired) electrons. The van der Waals surface area contributed by atoms with Gasteiger partial charge in [0.25, 0.3) is 5.69 Å². The van der Waals surface area contributed by atoms with Crippen LogP contribution in [0, 0.1) is 16.0 Å². The number of rotatable bonds is 4. The minimum absolute atomic E-state index is 0.0308. The fourth-order valence-electron chi connectivity index (χ4n) is 3.66. The van der Waals surface area contributed by atoms with Crippen molar-refractivity contribution in [2.75, 3.05) is 0 Å². The molecule has 1 aliphatic carbocycles. The maximum atomic E-state index is 10.7. The fraction of sp³-hybridized carbons (Fsp3) is 0.316. The Labute approximate surface area is 164 Å². The highest BCUT2D eigenvalue weighted by molar-refractivity contribution is 7.19. The van der Waals surface area contributed by atoms with Crippen LogP contribution in [0.2, 0.25) is 0 Å². The molecule has 8 nitrogen and oxygen atoms in total. The maximum Gasteiger partial charge on any atom is 0.269 e. The number of ether oxygens (including phenoxy) is 1. The van der Waals surface area contributed by atoms with E-state index in [2.05, 4.69) is 22.0 Å². The summed E-state index contributed by atoms with van der Waals surface area (Å²) in [6.45, 7) is 2.48. The summed E-state index contributed by atoms with van der Waals surface area (Å²) in [5.41, 5.74) is 2.22. The molecule has 0 bridgehead atoms. The van der Waals surface area contributed by atoms with E-state index in [1.165, 1.54) is 29.0 Å². The second-order valence-corrected chi connectivity index (χ2v) is 8.20. The molecule has 0 amide bonds. The Morgan fingerprint density at radius 2 is 2.18 bits per heavy atom. The first-order chi connectivity index (χ1) is 13.6. The highest BCUT2D eigenvalue weighted by Gasteiger charge is 2.23. The standard InChI is InChI=1S/C19H17N5O3S/c1-11-2-7-14-15(8-11)28-19-17(14)18-21-16(22-23(18)10-20-19)9-27-13-5-3-12(4-6-13)24(25)26/h3-6,10-11H,2,7-9H2,1H3/t11-/m1/s1. The number of benzene rings is 1. The molecule has 3 heterocycles. The molecular weight excluding hydrogens is 378 g/mol. The molecule has 1 aromatic carbocycles. The van der Waals surface area contributed by atoms with E-state index in [4.69, 9.17) is 4.74 Å². The number of nitro benzene ring substituents is 1. The third-order valence-electron chi connectivity index (χ3n) is 5.09. The second kappa shape index (κ2) is 6.52. The van der Waals surface area contributed by atoms with Crippen LogP contribution in [0.4, 0.5) is 5.69 Å². The van der Waals surface area contributed by atoms with Crippen molar-refractivity contribution in [2.45, 2.75) is 32.8 Å². The van der Waals surface area contributed by atoms with Gasteiger partial charge in [-0.3, -0.25) is 10.1 Å². The van der Waals surface area contributed by atoms with E-state index >= 15 is 0 Å². The quantitative estimate of drug-likeness (QED) is 0.383. The number of thiophene rings is 1. The summed E-state index contributed by atoms with van der Waals surface area (Å²) in [6, 6.07) is 5.98. The molecule has 5 rings (SSSR count). The molecule has 0 fully saturated rings. The van der Waals surface area contributed by atoms with Gasteiger partial charge in [0.05, 0.1) is 10.3 Å². The first kappa shape index (κ1) is 17.1. The molecular formula is C19H17N5O3S. The molecule has 142 valence electrons. The van der Waals surface area contributed by atoms with Crippen molar-refractivity contribution in [3.63, 3.8) is 0 Å². The first-order valence-electron chi connectivity index (χ1n) is 9.10. The predicted octanol–water partition coefficient (Wildman–Crippen LogP) is 3.95. The van der Waals surface area contributed by atoms with Gasteiger partial charge in [0.1, 0.15) is 23.5 Å². The molecule has 0 saturated heterocycles. The van der Waals surface area contributed by atoms with E-state index in [0.29, 0.717) is 17.5 Å². The lowest BCUT2D eigenvalue weighted by atomic mass is 9.89. The molecule has 0 aliphatic heterocycles. The monoisotopic (exact) mass is 395 g/mol. The Balaban J connectivity index is 1.44. The van der Waals surface area contributed by atoms with Gasteiger partial charge < -0.3 is 4.74 Å². The van der Waals surface area contributed by atoms with Crippen molar-refractivity contribution in [1.82, 2.24) is 19.6 Å². The third kappa shape index (κ3) is 2.88. The zero-order valence-electron chi connectivity index (χ0n) is 15.2. The number of hydrogen-bond donors (Lipinski definition) is 0. The van der Waals surface area contributed by atoms with Crippen molar-refractivity contribution >= 4 is 32.9 Å². The van der Waals surface area contributed by atoms with Crippen LogP contribution >= 0.6 is 11.3 Å². The lowest BCUT2D eigenvalue weighted by Crippen LogP contribution is -2.08. The van der Waals surface area contributed by atoms with Gasteiger partial charge in [-0.25, -0.2) is 14.5 Å². The van der Waals surface area contributed by atoms with Crippen molar-refractivity contribution < 1.29 is 9.66 Å². The number of nitro groups is 1. The van der Waals surface area contributed by atoms with Crippen molar-refractivity contribution in [2.24, 2.45) is 5.92 Å². The van der Waals surface area contributed by atoms with Gasteiger partial charge in [0.2, 0.25) is 0 Å². The minimum Gasteiger partial charge on any atom is -0.486 e. The molecule has 28 heavy (non-hydrogen) atoms. The smallest absolute Gasteiger partial charge is 0.269 e. The zero-order valence-corrected chi connectivity index (χ0v) is 16.0. The highest BCUT2D eigenvalue weighted by atomic mass is 32.1. The van der Waals surface area contributed by atoms with Gasteiger partial charge >= 0.3 is 0 Å². The van der Waals surface area contributed by atoms with E-state index in [1.807, 2.05) is 0 Å². The van der Waals surface area contributed by atoms with Gasteiger partial charge in [0.15, 0.2) is 11.5 Å². The van der Waals surface area contributed by atoms with Crippen LogP contribution in [-0.4, -0.2) is 24.5 Å². The van der Waals surface area contributed by atoms with Crippen LogP contribution in [-0.2, 0) is 19.4 Å². The van der Waals surface area contributed by atoms with E-state index in [1.54, 1.807) is 34.3 Å². The van der Waals surface area contributed by atoms with Crippen molar-refractivity contribution in [3.8, 4) is 5.75 Å². The average Bonchev–Trinajstić information content (AvgIpc) is 3.26. The average molecular weight is 395 g/mol. The Morgan fingerprint density at radius 3 is 2.96 bits per heavy atom. The number of hydrogen-bond acceptors (Lipinski definition) is 7. The molecule has 0 spiro atoms. The van der Waals surface area contributed by atoms with Crippen LogP contribution in [0.1, 0.15) is 29.6 Å². The van der Waals surface area contributed by atoms with Crippen molar-refractivity contribution in [1.29, 1.82) is 0 Å². The van der Waals surface area contributed by atoms with Crippen LogP contribution in [0.5, 0.6) is 5.75 Å². The fourth-order valence-corrected chi connectivity index (χ4v) is 5.00. The van der Waals surface area contributed by atoms with E-state index in [-0.39, 0.29) is 12.3 Å². The summed E-state index contributed by atoms with van der Waals surface area (Å²) < 4.78 is 7.41. The second-order valence-electron chi connectivity index (χ2n) is 7.11. The van der Waals surface area contributed by atoms with E-state index in [0.717, 1.165) is 28.7 Å². The number of fused-ring (bicyclic) bond motifs is 5. The minimum atomic E-state index is -0.437. The molecule has 1 aliphatic rings. The summed E-state index contributed by atoms with van der Waals surface area (Å²) in [4.78, 5) is 22.0. The SMILES string of the molecule is C[C@@H]1CCc2c(sc3ncn4nc(COc5ccc([N+](=O)[O-])cc5)nc4c23)C1. The lowest BCUT2D eigenvalue weighted by Gasteiger charge is -2.17. The van der Waals surface area contributed by atoms with Gasteiger partial charge in [-0.2, -0.15) is 0 Å². The Hall–Kier alpha value is -3.07. The van der Waals surface area contributed by atoms with Gasteiger partial charge in [-0.05, 0) is 42.9 Å². The first-order valence-corrected chi connectivity index (χ1v) is 9.92. The highest BCUT2D eigenvalue weighted by Crippen LogP contribution is 2.38. The van der Waals surface area contributed by atoms with Crippen LogP contribution in [0.3, 0.4) is 0 Å². The molecule has 0 saturated carbocycles. The van der Waals surface area contributed by atoms with E-state index < -0.39 is 4.92 Å². The normalized spacial score (nSPS) is 16.4. The number of aryl methyl sites for hydroxylation is 1. The number of nitrogens with zero attached hydrogens (tertiary/aromatic N) is 5. The van der Waals surface area contributed by atoms with Crippen LogP contribution in [0.25, 0.3) is 15.9 Å². The zero-order chi connectivity index (χ0) is 19.3. The summed E-state index contributed by atoms with van der Waals surface area (Å²) in [7, 11) is 0. The van der Waals surface area contributed by atoms with Crippen LogP contribution in [0.15, 0.2) is 30.6 Å². The summed E-state index contributed by atoms with van der Waals surface area (Å²) in [5, 5.41) is 16.3. The Morgan fingerprint density at radius 1 is 1.36 bits per heavy atom. The van der Waals surface area contributed by atoms with E-state index in [9.17, 15) is 10.1 Å². The Bertz CT molecular complexity index is 1200. The summed E-state index contributed by atoms with van der Waals surface area (Å²) in [6.07, 6.45) is 5.04. The molecule has 1 atom stereocenters. The number of non-ortho nitro benzene ring substituents is 1. The summed E-state index contributed by atoms with van der Waals surface area (Å²) in [5.74, 6) is 1.80. The van der Waals surface area contributed by atoms with Crippen molar-refractivity contribution in [3.05, 3.63) is 57.0 Å². The third-order valence-corrected chi connectivity index (χ3v) is 6.25. The summed E-state index contributed by atoms with van der Waals surface area (Å²) >= 11 is 1.76. The molecule has 9 heteroatoms. The Kier molecular flexibility index (Phi) is 3.97. The lowest BCUT2D eigenvalue weighted by molar-refractivity contribution is -0.384. The largest absolute Gasteiger partial charge is 0.486 e. The maximum absolute atomic E-state index is 10.7.